The second kappa shape index (κ2) is 26.5. The normalized spacial score (nSPS) is 14.2. The van der Waals surface area contributed by atoms with Gasteiger partial charge in [0.25, 0.3) is 0 Å². The maximum atomic E-state index is 13.8. The summed E-state index contributed by atoms with van der Waals surface area (Å²) in [7, 11) is 0. The van der Waals surface area contributed by atoms with Gasteiger partial charge >= 0.3 is 5.97 Å². The maximum absolute atomic E-state index is 13.8. The van der Waals surface area contributed by atoms with Gasteiger partial charge in [-0.05, 0) is 65.3 Å². The zero-order valence-electron chi connectivity index (χ0n) is 28.9. The fourth-order valence-corrected chi connectivity index (χ4v) is 4.88. The largest absolute Gasteiger partial charge is 0.466 e. The zero-order chi connectivity index (χ0) is 36.0. The van der Waals surface area contributed by atoms with Gasteiger partial charge in [0.05, 0.1) is 43.1 Å². The van der Waals surface area contributed by atoms with Gasteiger partial charge in [0.1, 0.15) is 24.3 Å². The van der Waals surface area contributed by atoms with Crippen LogP contribution in [0.2, 0.25) is 0 Å². The molecular weight excluding hydrogens is 794 g/mol. The predicted molar refractivity (Wildman–Crippen MR) is 185 cm³/mol. The molecule has 2 saturated heterocycles. The van der Waals surface area contributed by atoms with E-state index in [1.807, 2.05) is 0 Å². The van der Waals surface area contributed by atoms with E-state index in [1.165, 1.54) is 42.8 Å². The van der Waals surface area contributed by atoms with Gasteiger partial charge in [0, 0.05) is 76.8 Å². The van der Waals surface area contributed by atoms with E-state index in [-0.39, 0.29) is 56.5 Å². The van der Waals surface area contributed by atoms with Crippen molar-refractivity contribution < 1.29 is 74.5 Å². The molecule has 8 nitrogen and oxygen atoms in total. The molecule has 0 amide bonds. The minimum Gasteiger partial charge on any atom is -0.466 e. The molecule has 5 rings (SSSR count). The maximum Gasteiger partial charge on any atom is 0.313 e. The quantitative estimate of drug-likeness (QED) is 0.0745. The van der Waals surface area contributed by atoms with Crippen molar-refractivity contribution in [2.75, 3.05) is 59.2 Å². The minimum atomic E-state index is -0.634. The van der Waals surface area contributed by atoms with E-state index in [4.69, 9.17) is 14.2 Å². The SMILES string of the molecule is CCC.CCOC(=O)CC(=O)c1cc(CN2CCOCC2)ccc1F.Fc1[c-]cc(CN2CCOCC2)cc1.O=Cc1ccc(F)c(Br)c1.[Y]. The summed E-state index contributed by atoms with van der Waals surface area (Å²) in [5, 5.41) is 0. The van der Waals surface area contributed by atoms with Gasteiger partial charge < -0.3 is 19.1 Å². The molecule has 0 N–H and O–H groups in total. The van der Waals surface area contributed by atoms with Crippen molar-refractivity contribution in [1.29, 1.82) is 0 Å². The van der Waals surface area contributed by atoms with Crippen molar-refractivity contribution in [3.05, 3.63) is 105 Å². The third kappa shape index (κ3) is 18.3. The number of benzene rings is 3. The molecule has 50 heavy (non-hydrogen) atoms. The molecule has 0 spiro atoms. The van der Waals surface area contributed by atoms with Crippen LogP contribution in [0.25, 0.3) is 0 Å². The average molecular weight is 840 g/mol. The first-order valence-electron chi connectivity index (χ1n) is 16.2. The molecule has 3 aromatic rings. The summed E-state index contributed by atoms with van der Waals surface area (Å²) in [5.74, 6) is -2.45. The Bertz CT molecular complexity index is 1440. The van der Waals surface area contributed by atoms with Crippen LogP contribution in [0, 0.1) is 23.5 Å². The molecule has 0 saturated carbocycles. The number of esters is 1. The van der Waals surface area contributed by atoms with Crippen molar-refractivity contribution in [3.8, 4) is 0 Å². The number of morpholine rings is 2. The van der Waals surface area contributed by atoms with Crippen LogP contribution in [0.5, 0.6) is 0 Å². The van der Waals surface area contributed by atoms with Crippen LogP contribution in [-0.4, -0.2) is 87.1 Å². The Hall–Kier alpha value is -2.32. The van der Waals surface area contributed by atoms with Crippen molar-refractivity contribution in [2.24, 2.45) is 0 Å². The van der Waals surface area contributed by atoms with E-state index in [1.54, 1.807) is 25.1 Å². The standard InChI is InChI=1S/C16H20FNO4.C11H13FNO.C7H4BrFO.C3H8.Y/c1-2-22-16(20)10-15(19)13-9-12(3-4-14(13)17)11-18-5-7-21-8-6-18;12-11-3-1-10(2-4-11)9-13-5-7-14-8-6-13;8-6-3-5(4-10)1-2-7(6)9;1-3-2;/h3-4,9H,2,5-8,10-11H2,1H3;1-3H,5-9H2;1-4H;3H2,1-2H3;/q;-1;;;. The van der Waals surface area contributed by atoms with Gasteiger partial charge in [0.15, 0.2) is 5.78 Å². The number of hydrogen-bond donors (Lipinski definition) is 0. The van der Waals surface area contributed by atoms with Crippen molar-refractivity contribution in [3.63, 3.8) is 0 Å². The number of Topliss-reactive ketones (excluding diaryl/α,β-unsaturated/α-hetero) is 1. The van der Waals surface area contributed by atoms with Gasteiger partial charge in [-0.1, -0.05) is 26.3 Å². The van der Waals surface area contributed by atoms with E-state index in [0.29, 0.717) is 36.1 Å². The molecule has 0 unspecified atom stereocenters. The number of hydrogen-bond acceptors (Lipinski definition) is 8. The van der Waals surface area contributed by atoms with Crippen LogP contribution in [0.4, 0.5) is 13.2 Å². The molecule has 0 aliphatic carbocycles. The number of carbonyl (C=O) groups excluding carboxylic acids is 3. The van der Waals surface area contributed by atoms with Gasteiger partial charge in [-0.25, -0.2) is 13.2 Å². The molecule has 2 heterocycles. The fourth-order valence-electron chi connectivity index (χ4n) is 4.48. The summed E-state index contributed by atoms with van der Waals surface area (Å²) in [6.45, 7) is 14.1. The molecule has 0 atom stereocenters. The minimum absolute atomic E-state index is 0. The van der Waals surface area contributed by atoms with E-state index in [9.17, 15) is 27.6 Å². The molecular formula is C37H45BrF3N2O6Y-. The van der Waals surface area contributed by atoms with E-state index in [0.717, 1.165) is 57.1 Å². The topological polar surface area (TPSA) is 85.4 Å². The summed E-state index contributed by atoms with van der Waals surface area (Å²) in [6, 6.07) is 16.1. The summed E-state index contributed by atoms with van der Waals surface area (Å²) in [6.07, 6.45) is 1.48. The van der Waals surface area contributed by atoms with Crippen molar-refractivity contribution in [1.82, 2.24) is 9.80 Å². The summed E-state index contributed by atoms with van der Waals surface area (Å²) < 4.78 is 54.4. The Morgan fingerprint density at radius 3 is 1.88 bits per heavy atom. The van der Waals surface area contributed by atoms with Gasteiger partial charge in [-0.15, -0.1) is 17.7 Å². The second-order valence-electron chi connectivity index (χ2n) is 11.0. The van der Waals surface area contributed by atoms with Gasteiger partial charge in [-0.2, -0.15) is 12.1 Å². The first kappa shape index (κ1) is 45.7. The molecule has 1 radical (unpaired) electrons. The van der Waals surface area contributed by atoms with Crippen LogP contribution in [-0.2, 0) is 64.8 Å². The second-order valence-corrected chi connectivity index (χ2v) is 11.9. The number of ketones is 1. The number of aldehydes is 1. The molecule has 0 aromatic heterocycles. The molecule has 3 aromatic carbocycles. The Labute approximate surface area is 327 Å². The van der Waals surface area contributed by atoms with Gasteiger partial charge in [0.2, 0.25) is 0 Å². The van der Waals surface area contributed by atoms with Crippen LogP contribution >= 0.6 is 15.9 Å². The molecule has 13 heteroatoms. The fraction of sp³-hybridized carbons (Fsp3) is 0.432. The molecule has 2 aliphatic rings. The van der Waals surface area contributed by atoms with Crippen LogP contribution in [0.3, 0.4) is 0 Å². The average Bonchev–Trinajstić information content (AvgIpc) is 3.10. The number of rotatable bonds is 9. The first-order valence-corrected chi connectivity index (χ1v) is 17.0. The van der Waals surface area contributed by atoms with E-state index < -0.39 is 24.0 Å². The Morgan fingerprint density at radius 1 is 0.840 bits per heavy atom. The Balaban J connectivity index is 0.000000383. The van der Waals surface area contributed by atoms with Crippen LogP contribution in [0.15, 0.2) is 59.1 Å². The molecule has 2 aliphatic heterocycles. The van der Waals surface area contributed by atoms with Gasteiger partial charge in [-0.3, -0.25) is 19.3 Å². The zero-order valence-corrected chi connectivity index (χ0v) is 33.3. The third-order valence-electron chi connectivity index (χ3n) is 6.88. The number of nitrogens with zero attached hydrogens (tertiary/aromatic N) is 2. The number of halogens is 4. The molecule has 271 valence electrons. The molecule has 2 fully saturated rings. The Morgan fingerprint density at radius 2 is 1.38 bits per heavy atom. The number of ether oxygens (including phenoxy) is 3. The van der Waals surface area contributed by atoms with Crippen molar-refractivity contribution >= 4 is 34.0 Å². The van der Waals surface area contributed by atoms with E-state index >= 15 is 0 Å². The first-order chi connectivity index (χ1) is 23.6. The summed E-state index contributed by atoms with van der Waals surface area (Å²) in [4.78, 5) is 38.0. The van der Waals surface area contributed by atoms with Crippen molar-refractivity contribution in [2.45, 2.75) is 46.7 Å². The smallest absolute Gasteiger partial charge is 0.313 e. The third-order valence-corrected chi connectivity index (χ3v) is 7.49. The molecule has 0 bridgehead atoms. The van der Waals surface area contributed by atoms with Crippen LogP contribution in [0.1, 0.15) is 65.5 Å². The van der Waals surface area contributed by atoms with E-state index in [2.05, 4.69) is 45.6 Å². The summed E-state index contributed by atoms with van der Waals surface area (Å²) in [5.41, 5.74) is 2.36. The van der Waals surface area contributed by atoms with Crippen LogP contribution < -0.4 is 0 Å². The Kier molecular flexibility index (Phi) is 24.2. The monoisotopic (exact) mass is 838 g/mol. The predicted octanol–water partition coefficient (Wildman–Crippen LogP) is 7.07. The number of carbonyl (C=O) groups is 3. The summed E-state index contributed by atoms with van der Waals surface area (Å²) >= 11 is 2.95.